The van der Waals surface area contributed by atoms with Crippen LogP contribution in [0.3, 0.4) is 0 Å². The predicted octanol–water partition coefficient (Wildman–Crippen LogP) is 6.06. The smallest absolute Gasteiger partial charge is 0.0154 e. The minimum Gasteiger partial charge on any atom is -0.325 e. The van der Waals surface area contributed by atoms with E-state index in [1.165, 1.54) is 83.5 Å². The molecule has 0 amide bonds. The van der Waals surface area contributed by atoms with Gasteiger partial charge >= 0.3 is 0 Å². The van der Waals surface area contributed by atoms with Crippen molar-refractivity contribution in [1.29, 1.82) is 0 Å². The van der Waals surface area contributed by atoms with E-state index in [4.69, 9.17) is 5.73 Å². The Balaban J connectivity index is 2.15. The van der Waals surface area contributed by atoms with Gasteiger partial charge in [0, 0.05) is 5.54 Å². The highest BCUT2D eigenvalue weighted by Gasteiger charge is 2.29. The molecule has 1 heteroatoms. The lowest BCUT2D eigenvalue weighted by Crippen LogP contribution is -2.39. The zero-order valence-corrected chi connectivity index (χ0v) is 14.4. The summed E-state index contributed by atoms with van der Waals surface area (Å²) in [6, 6.07) is 0. The van der Waals surface area contributed by atoms with Gasteiger partial charge in [0.05, 0.1) is 0 Å². The average Bonchev–Trinajstić information content (AvgIpc) is 2.60. The third kappa shape index (κ3) is 7.11. The second-order valence-corrected chi connectivity index (χ2v) is 7.67. The zero-order valence-electron chi connectivity index (χ0n) is 14.4. The van der Waals surface area contributed by atoms with E-state index in [1.807, 2.05) is 0 Å². The summed E-state index contributed by atoms with van der Waals surface area (Å²) in [5, 5.41) is 0. The quantitative estimate of drug-likeness (QED) is 0.403. The predicted molar refractivity (Wildman–Crippen MR) is 90.9 cm³/mol. The normalized spacial score (nSPS) is 27.8. The molecule has 1 rings (SSSR count). The van der Waals surface area contributed by atoms with E-state index in [2.05, 4.69) is 20.8 Å². The van der Waals surface area contributed by atoms with Crippen LogP contribution in [0.5, 0.6) is 0 Å². The Kier molecular flexibility index (Phi) is 8.84. The fourth-order valence-electron chi connectivity index (χ4n) is 3.81. The van der Waals surface area contributed by atoms with Crippen molar-refractivity contribution >= 4 is 0 Å². The highest BCUT2D eigenvalue weighted by Crippen LogP contribution is 2.35. The Morgan fingerprint density at radius 3 is 2.25 bits per heavy atom. The third-order valence-electron chi connectivity index (χ3n) is 5.48. The summed E-state index contributed by atoms with van der Waals surface area (Å²) in [6.07, 6.45) is 17.7. The van der Waals surface area contributed by atoms with Crippen LogP contribution in [0.15, 0.2) is 0 Å². The Labute approximate surface area is 128 Å². The lowest BCUT2D eigenvalue weighted by atomic mass is 9.84. The van der Waals surface area contributed by atoms with Crippen LogP contribution in [-0.2, 0) is 0 Å². The topological polar surface area (TPSA) is 26.0 Å². The van der Waals surface area contributed by atoms with Gasteiger partial charge in [0.1, 0.15) is 0 Å². The minimum atomic E-state index is 0.174. The van der Waals surface area contributed by atoms with Gasteiger partial charge in [-0.3, -0.25) is 0 Å². The summed E-state index contributed by atoms with van der Waals surface area (Å²) in [6.45, 7) is 7.05. The largest absolute Gasteiger partial charge is 0.325 e. The van der Waals surface area contributed by atoms with Crippen molar-refractivity contribution in [3.05, 3.63) is 0 Å². The summed E-state index contributed by atoms with van der Waals surface area (Å²) in [4.78, 5) is 0. The second kappa shape index (κ2) is 9.82. The highest BCUT2D eigenvalue weighted by molar-refractivity contribution is 4.88. The van der Waals surface area contributed by atoms with E-state index in [9.17, 15) is 0 Å². The molecule has 20 heavy (non-hydrogen) atoms. The van der Waals surface area contributed by atoms with Crippen LogP contribution in [0.4, 0.5) is 0 Å². The van der Waals surface area contributed by atoms with E-state index in [0.29, 0.717) is 0 Å². The van der Waals surface area contributed by atoms with Gasteiger partial charge in [0.2, 0.25) is 0 Å². The maximum atomic E-state index is 6.68. The molecule has 0 aromatic heterocycles. The van der Waals surface area contributed by atoms with Crippen LogP contribution in [0, 0.1) is 11.8 Å². The van der Waals surface area contributed by atoms with Gasteiger partial charge in [0.15, 0.2) is 0 Å². The lowest BCUT2D eigenvalue weighted by Gasteiger charge is -2.28. The Bertz CT molecular complexity index is 236. The fourth-order valence-corrected chi connectivity index (χ4v) is 3.81. The van der Waals surface area contributed by atoms with Crippen molar-refractivity contribution in [2.75, 3.05) is 0 Å². The molecular weight excluding hydrogens is 242 g/mol. The molecule has 0 aromatic rings. The van der Waals surface area contributed by atoms with Crippen molar-refractivity contribution in [1.82, 2.24) is 0 Å². The van der Waals surface area contributed by atoms with E-state index in [-0.39, 0.29) is 5.54 Å². The molecule has 1 nitrogen and oxygen atoms in total. The molecule has 2 atom stereocenters. The van der Waals surface area contributed by atoms with Crippen molar-refractivity contribution in [2.24, 2.45) is 17.6 Å². The average molecular weight is 282 g/mol. The molecule has 2 unspecified atom stereocenters. The first kappa shape index (κ1) is 18.0. The van der Waals surface area contributed by atoms with E-state index in [1.54, 1.807) is 0 Å². The van der Waals surface area contributed by atoms with Gasteiger partial charge in [0.25, 0.3) is 0 Å². The Morgan fingerprint density at radius 2 is 1.60 bits per heavy atom. The van der Waals surface area contributed by atoms with Crippen LogP contribution in [0.2, 0.25) is 0 Å². The van der Waals surface area contributed by atoms with Gasteiger partial charge in [-0.15, -0.1) is 0 Å². The maximum absolute atomic E-state index is 6.68. The van der Waals surface area contributed by atoms with E-state index < -0.39 is 0 Å². The van der Waals surface area contributed by atoms with Gasteiger partial charge in [-0.05, 0) is 37.5 Å². The lowest BCUT2D eigenvalue weighted by molar-refractivity contribution is 0.306. The van der Waals surface area contributed by atoms with Gasteiger partial charge < -0.3 is 5.73 Å². The van der Waals surface area contributed by atoms with Crippen molar-refractivity contribution in [3.63, 3.8) is 0 Å². The molecule has 1 saturated carbocycles. The summed E-state index contributed by atoms with van der Waals surface area (Å²) in [5.41, 5.74) is 6.86. The van der Waals surface area contributed by atoms with Crippen LogP contribution >= 0.6 is 0 Å². The molecule has 2 N–H and O–H groups in total. The number of hydrogen-bond acceptors (Lipinski definition) is 1. The third-order valence-corrected chi connectivity index (χ3v) is 5.48. The monoisotopic (exact) mass is 281 g/mol. The summed E-state index contributed by atoms with van der Waals surface area (Å²) >= 11 is 0. The molecule has 1 fully saturated rings. The first-order chi connectivity index (χ1) is 9.57. The molecule has 0 radical (unpaired) electrons. The first-order valence-electron chi connectivity index (χ1n) is 9.36. The van der Waals surface area contributed by atoms with Gasteiger partial charge in [-0.2, -0.15) is 0 Å². The highest BCUT2D eigenvalue weighted by atomic mass is 14.7. The summed E-state index contributed by atoms with van der Waals surface area (Å²) in [5.74, 6) is 1.77. The van der Waals surface area contributed by atoms with Gasteiger partial charge in [-0.1, -0.05) is 78.6 Å². The Morgan fingerprint density at radius 1 is 0.950 bits per heavy atom. The summed E-state index contributed by atoms with van der Waals surface area (Å²) < 4.78 is 0. The summed E-state index contributed by atoms with van der Waals surface area (Å²) in [7, 11) is 0. The van der Waals surface area contributed by atoms with Crippen LogP contribution in [0.25, 0.3) is 0 Å². The van der Waals surface area contributed by atoms with E-state index >= 15 is 0 Å². The van der Waals surface area contributed by atoms with Crippen LogP contribution in [-0.4, -0.2) is 5.54 Å². The molecular formula is C19H39N. The zero-order chi connectivity index (χ0) is 14.8. The first-order valence-corrected chi connectivity index (χ1v) is 9.36. The Hall–Kier alpha value is -0.0400. The number of rotatable bonds is 9. The second-order valence-electron chi connectivity index (χ2n) is 7.67. The number of nitrogens with two attached hydrogens (primary N) is 1. The SMILES string of the molecule is CCCCCCCCCC1(N)CCCC(C(C)C)CC1. The van der Waals surface area contributed by atoms with Crippen molar-refractivity contribution < 1.29 is 0 Å². The number of hydrogen-bond donors (Lipinski definition) is 1. The van der Waals surface area contributed by atoms with Crippen molar-refractivity contribution in [3.8, 4) is 0 Å². The molecule has 0 bridgehead atoms. The number of unbranched alkanes of at least 4 members (excludes halogenated alkanes) is 6. The fraction of sp³-hybridized carbons (Fsp3) is 1.00. The molecule has 0 aliphatic heterocycles. The van der Waals surface area contributed by atoms with Crippen LogP contribution in [0.1, 0.15) is 104 Å². The van der Waals surface area contributed by atoms with E-state index in [0.717, 1.165) is 11.8 Å². The molecule has 0 saturated heterocycles. The molecule has 120 valence electrons. The van der Waals surface area contributed by atoms with Crippen LogP contribution < -0.4 is 5.73 Å². The standard InChI is InChI=1S/C19H39N/c1-4-5-6-7-8-9-10-14-19(20)15-11-12-18(13-16-19)17(2)3/h17-18H,4-16,20H2,1-3H3. The van der Waals surface area contributed by atoms with Crippen molar-refractivity contribution in [2.45, 2.75) is 110 Å². The molecule has 1 aliphatic rings. The molecule has 0 aromatic carbocycles. The molecule has 0 heterocycles. The molecule has 1 aliphatic carbocycles. The molecule has 0 spiro atoms. The minimum absolute atomic E-state index is 0.174. The van der Waals surface area contributed by atoms with Gasteiger partial charge in [-0.25, -0.2) is 0 Å². The maximum Gasteiger partial charge on any atom is 0.0154 e.